The summed E-state index contributed by atoms with van der Waals surface area (Å²) in [6.07, 6.45) is 3.82. The average molecular weight is 471 g/mol. The van der Waals surface area contributed by atoms with Crippen LogP contribution in [0, 0.1) is 12.3 Å². The SMILES string of the molecule is C#CC[N+](C)(C)CCO[C@@H]1OC[C@@H](OC(=O)CCC)[C@H](OC(=O)CCC)[C@H]1OC(=O)CCC. The molecule has 0 aliphatic carbocycles. The van der Waals surface area contributed by atoms with E-state index in [0.717, 1.165) is 0 Å². The van der Waals surface area contributed by atoms with E-state index in [1.54, 1.807) is 0 Å². The molecular formula is C24H40NO8+. The topological polar surface area (TPSA) is 97.4 Å². The maximum absolute atomic E-state index is 12.4. The summed E-state index contributed by atoms with van der Waals surface area (Å²) in [5, 5.41) is 0. The third kappa shape index (κ3) is 10.5. The van der Waals surface area contributed by atoms with E-state index in [0.29, 0.717) is 36.8 Å². The first-order chi connectivity index (χ1) is 15.7. The quantitative estimate of drug-likeness (QED) is 0.165. The summed E-state index contributed by atoms with van der Waals surface area (Å²) in [6.45, 7) is 6.91. The molecule has 4 atom stereocenters. The molecule has 0 N–H and O–H groups in total. The number of quaternary nitrogens is 1. The minimum absolute atomic E-state index is 0.0470. The first-order valence-corrected chi connectivity index (χ1v) is 11.7. The van der Waals surface area contributed by atoms with Crippen molar-refractivity contribution in [2.75, 3.05) is 40.4 Å². The molecule has 0 spiro atoms. The van der Waals surface area contributed by atoms with E-state index in [2.05, 4.69) is 5.92 Å². The fraction of sp³-hybridized carbons (Fsp3) is 0.792. The molecule has 0 aromatic heterocycles. The second-order valence-electron chi connectivity index (χ2n) is 8.78. The summed E-state index contributed by atoms with van der Waals surface area (Å²) in [5.74, 6) is 1.25. The van der Waals surface area contributed by atoms with Crippen molar-refractivity contribution in [1.82, 2.24) is 0 Å². The van der Waals surface area contributed by atoms with Gasteiger partial charge in [-0.25, -0.2) is 0 Å². The smallest absolute Gasteiger partial charge is 0.306 e. The molecule has 9 heteroatoms. The minimum atomic E-state index is -1.07. The zero-order chi connectivity index (χ0) is 24.9. The lowest BCUT2D eigenvalue weighted by molar-refractivity contribution is -0.883. The lowest BCUT2D eigenvalue weighted by Crippen LogP contribution is -2.58. The van der Waals surface area contributed by atoms with Crippen LogP contribution in [0.2, 0.25) is 0 Å². The molecule has 1 heterocycles. The number of hydrogen-bond donors (Lipinski definition) is 0. The number of nitrogens with zero attached hydrogens (tertiary/aromatic N) is 1. The second-order valence-corrected chi connectivity index (χ2v) is 8.78. The molecule has 0 saturated carbocycles. The molecule has 0 bridgehead atoms. The Labute approximate surface area is 197 Å². The molecule has 0 aromatic carbocycles. The van der Waals surface area contributed by atoms with Crippen LogP contribution in [-0.4, -0.2) is 87.4 Å². The standard InChI is InChI=1S/C24H40NO8/c1-7-11-19(26)31-18-17-30-24(29-16-15-25(5,6)14-10-4)23(33-21(28)13-9-3)22(18)32-20(27)12-8-2/h4,18,22-24H,7-9,11-17H2,1-3,5-6H3/q+1/t18-,22+,23-,24-/m1/s1. The Hall–Kier alpha value is -2.15. The van der Waals surface area contributed by atoms with Crippen LogP contribution in [0.4, 0.5) is 0 Å². The molecule has 0 radical (unpaired) electrons. The van der Waals surface area contributed by atoms with Crippen LogP contribution < -0.4 is 0 Å². The highest BCUT2D eigenvalue weighted by Gasteiger charge is 2.48. The molecule has 1 aliphatic heterocycles. The molecular weight excluding hydrogens is 430 g/mol. The zero-order valence-electron chi connectivity index (χ0n) is 20.7. The van der Waals surface area contributed by atoms with Gasteiger partial charge in [0.15, 0.2) is 24.6 Å². The van der Waals surface area contributed by atoms with Gasteiger partial charge in [0.2, 0.25) is 0 Å². The first kappa shape index (κ1) is 28.9. The average Bonchev–Trinajstić information content (AvgIpc) is 2.72. The Kier molecular flexibility index (Phi) is 13.0. The summed E-state index contributed by atoms with van der Waals surface area (Å²) in [7, 11) is 3.95. The number of carbonyl (C=O) groups excluding carboxylic acids is 3. The molecule has 33 heavy (non-hydrogen) atoms. The molecule has 1 rings (SSSR count). The number of rotatable bonds is 14. The molecule has 1 aliphatic rings. The summed E-state index contributed by atoms with van der Waals surface area (Å²) < 4.78 is 29.1. The maximum Gasteiger partial charge on any atom is 0.306 e. The number of carbonyl (C=O) groups is 3. The van der Waals surface area contributed by atoms with E-state index >= 15 is 0 Å². The highest BCUT2D eigenvalue weighted by atomic mass is 16.7. The predicted octanol–water partition coefficient (Wildman–Crippen LogP) is 2.20. The zero-order valence-corrected chi connectivity index (χ0v) is 20.7. The fourth-order valence-electron chi connectivity index (χ4n) is 3.26. The van der Waals surface area contributed by atoms with Crippen molar-refractivity contribution in [1.29, 1.82) is 0 Å². The van der Waals surface area contributed by atoms with E-state index in [-0.39, 0.29) is 32.5 Å². The Balaban J connectivity index is 3.07. The van der Waals surface area contributed by atoms with Gasteiger partial charge in [-0.15, -0.1) is 6.42 Å². The van der Waals surface area contributed by atoms with Crippen LogP contribution in [0.1, 0.15) is 59.3 Å². The summed E-state index contributed by atoms with van der Waals surface area (Å²) >= 11 is 0. The number of ether oxygens (including phenoxy) is 5. The van der Waals surface area contributed by atoms with Crippen LogP contribution in [0.5, 0.6) is 0 Å². The van der Waals surface area contributed by atoms with E-state index < -0.39 is 42.5 Å². The van der Waals surface area contributed by atoms with Gasteiger partial charge >= 0.3 is 17.9 Å². The lowest BCUT2D eigenvalue weighted by Gasteiger charge is -2.40. The molecule has 9 nitrogen and oxygen atoms in total. The van der Waals surface area contributed by atoms with Gasteiger partial charge in [0.05, 0.1) is 27.3 Å². The Morgan fingerprint density at radius 2 is 1.42 bits per heavy atom. The minimum Gasteiger partial charge on any atom is -0.456 e. The second kappa shape index (κ2) is 14.9. The molecule has 1 saturated heterocycles. The monoisotopic (exact) mass is 470 g/mol. The Bertz CT molecular complexity index is 672. The van der Waals surface area contributed by atoms with Gasteiger partial charge in [0, 0.05) is 19.3 Å². The van der Waals surface area contributed by atoms with Gasteiger partial charge in [0.25, 0.3) is 0 Å². The van der Waals surface area contributed by atoms with Crippen LogP contribution in [0.15, 0.2) is 0 Å². The van der Waals surface area contributed by atoms with E-state index in [1.165, 1.54) is 0 Å². The van der Waals surface area contributed by atoms with Gasteiger partial charge in [-0.3, -0.25) is 14.4 Å². The van der Waals surface area contributed by atoms with Crippen molar-refractivity contribution < 1.29 is 42.6 Å². The summed E-state index contributed by atoms with van der Waals surface area (Å²) in [5.41, 5.74) is 0. The van der Waals surface area contributed by atoms with Gasteiger partial charge in [0.1, 0.15) is 13.1 Å². The molecule has 0 unspecified atom stereocenters. The molecule has 1 fully saturated rings. The maximum atomic E-state index is 12.4. The number of likely N-dealkylation sites (N-methyl/N-ethyl adjacent to an activating group) is 1. The van der Waals surface area contributed by atoms with Gasteiger partial charge in [-0.05, 0) is 25.2 Å². The molecule has 188 valence electrons. The number of terminal acetylenes is 1. The number of hydrogen-bond acceptors (Lipinski definition) is 8. The van der Waals surface area contributed by atoms with Gasteiger partial charge in [-0.2, -0.15) is 0 Å². The van der Waals surface area contributed by atoms with Gasteiger partial charge < -0.3 is 28.2 Å². The lowest BCUT2D eigenvalue weighted by atomic mass is 10.0. The van der Waals surface area contributed by atoms with Crippen LogP contribution >= 0.6 is 0 Å². The largest absolute Gasteiger partial charge is 0.456 e. The molecule has 0 aromatic rings. The van der Waals surface area contributed by atoms with Crippen LogP contribution in [0.25, 0.3) is 0 Å². The third-order valence-electron chi connectivity index (χ3n) is 5.06. The van der Waals surface area contributed by atoms with Crippen molar-refractivity contribution in [3.8, 4) is 12.3 Å². The highest BCUT2D eigenvalue weighted by molar-refractivity contribution is 5.71. The Morgan fingerprint density at radius 1 is 0.909 bits per heavy atom. The normalized spacial score (nSPS) is 22.8. The third-order valence-corrected chi connectivity index (χ3v) is 5.06. The van der Waals surface area contributed by atoms with Crippen molar-refractivity contribution in [2.45, 2.75) is 83.9 Å². The summed E-state index contributed by atoms with van der Waals surface area (Å²) in [4.78, 5) is 36.8. The van der Waals surface area contributed by atoms with E-state index in [1.807, 2.05) is 34.9 Å². The summed E-state index contributed by atoms with van der Waals surface area (Å²) in [6, 6.07) is 0. The highest BCUT2D eigenvalue weighted by Crippen LogP contribution is 2.26. The van der Waals surface area contributed by atoms with Crippen molar-refractivity contribution in [3.05, 3.63) is 0 Å². The van der Waals surface area contributed by atoms with Gasteiger partial charge in [-0.1, -0.05) is 20.8 Å². The van der Waals surface area contributed by atoms with Crippen molar-refractivity contribution in [3.63, 3.8) is 0 Å². The fourth-order valence-corrected chi connectivity index (χ4v) is 3.26. The van der Waals surface area contributed by atoms with Crippen molar-refractivity contribution >= 4 is 17.9 Å². The first-order valence-electron chi connectivity index (χ1n) is 11.7. The molecule has 0 amide bonds. The number of esters is 3. The van der Waals surface area contributed by atoms with Crippen LogP contribution in [0.3, 0.4) is 0 Å². The Morgan fingerprint density at radius 3 is 1.94 bits per heavy atom. The van der Waals surface area contributed by atoms with E-state index in [4.69, 9.17) is 30.1 Å². The van der Waals surface area contributed by atoms with Crippen LogP contribution in [-0.2, 0) is 38.1 Å². The van der Waals surface area contributed by atoms with E-state index in [9.17, 15) is 14.4 Å². The van der Waals surface area contributed by atoms with Crippen molar-refractivity contribution in [2.24, 2.45) is 0 Å². The predicted molar refractivity (Wildman–Crippen MR) is 121 cm³/mol.